The Bertz CT molecular complexity index is 6170. The maximum absolute atomic E-state index is 17.3. The Morgan fingerprint density at radius 2 is 0.379 bits per heavy atom. The maximum Gasteiger partial charge on any atom is 0.416 e. The van der Waals surface area contributed by atoms with E-state index in [1.165, 1.54) is 0 Å². The molecule has 0 amide bonds. The van der Waals surface area contributed by atoms with Crippen LogP contribution < -0.4 is 0 Å². The van der Waals surface area contributed by atoms with E-state index in [0.717, 1.165) is 30.3 Å². The number of benzene rings is 14. The minimum atomic E-state index is -5.11. The van der Waals surface area contributed by atoms with Crippen LogP contribution in [0.4, 0.5) is 22.0 Å². The highest BCUT2D eigenvalue weighted by Crippen LogP contribution is 2.48. The van der Waals surface area contributed by atoms with E-state index in [1.54, 1.807) is 9.13 Å². The molecule has 116 heavy (non-hydrogen) atoms. The third-order valence-electron chi connectivity index (χ3n) is 20.4. The second kappa shape index (κ2) is 28.9. The van der Waals surface area contributed by atoms with Crippen LogP contribution in [0.1, 0.15) is 5.56 Å². The van der Waals surface area contributed by atoms with E-state index in [-0.39, 0.29) is 45.8 Å². The summed E-state index contributed by atoms with van der Waals surface area (Å²) in [5.41, 5.74) is 7.37. The molecule has 0 unspecified atom stereocenters. The molecule has 20 aromatic rings. The van der Waals surface area contributed by atoms with Gasteiger partial charge in [0.1, 0.15) is 11.6 Å². The molecule has 0 N–H and O–H groups in total. The second-order valence-corrected chi connectivity index (χ2v) is 27.8. The Morgan fingerprint density at radius 3 is 0.569 bits per heavy atom. The van der Waals surface area contributed by atoms with Gasteiger partial charge >= 0.3 is 6.18 Å². The zero-order chi connectivity index (χ0) is 78.0. The molecular weight excluding hydrogens is 1460 g/mol. The summed E-state index contributed by atoms with van der Waals surface area (Å²) in [7, 11) is 0. The van der Waals surface area contributed by atoms with Crippen molar-refractivity contribution >= 4 is 43.6 Å². The van der Waals surface area contributed by atoms with E-state index in [4.69, 9.17) is 59.8 Å². The summed E-state index contributed by atoms with van der Waals surface area (Å²) < 4.78 is 89.4. The van der Waals surface area contributed by atoms with Crippen molar-refractivity contribution < 1.29 is 22.0 Å². The number of nitrogens with zero attached hydrogens (tertiary/aromatic N) is 14. The lowest BCUT2D eigenvalue weighted by Gasteiger charge is -2.23. The number of halogens is 5. The standard InChI is InChI=1S/C97H57F5N14/c98-72-49-70(50-73(99)57-72)84-82(115-78-51-66(93-107-85(58-25-9-1-10-26-58)103-86(108-93)59-27-11-2-12-28-59)41-45-74(78)75-46-42-67(52-79(75)115)94-109-87(60-29-13-3-14-30-60)104-88(110-94)61-31-15-4-16-32-61)55-71(97(100,101)102)56-83(84)116-80-53-68(95-111-89(62-33-17-5-18-34-62)105-90(112-95)63-35-19-6-20-36-63)43-47-76(80)77-48-44-69(54-81(77)116)96-113-91(64-37-21-7-22-38-64)106-92(114-96)65-39-23-8-24-40-65/h1-57H. The van der Waals surface area contributed by atoms with Crippen LogP contribution in [0.25, 0.3) is 203 Å². The average Bonchev–Trinajstić information content (AvgIpc) is 1.54. The van der Waals surface area contributed by atoms with Crippen molar-refractivity contribution in [3.05, 3.63) is 363 Å². The van der Waals surface area contributed by atoms with E-state index in [9.17, 15) is 0 Å². The summed E-state index contributed by atoms with van der Waals surface area (Å²) in [6.07, 6.45) is -5.11. The highest BCUT2D eigenvalue weighted by molar-refractivity contribution is 6.14. The molecule has 0 fully saturated rings. The fourth-order valence-electron chi connectivity index (χ4n) is 15.0. The minimum absolute atomic E-state index is 0.0211. The fraction of sp³-hybridized carbons (Fsp3) is 0.0103. The van der Waals surface area contributed by atoms with Crippen LogP contribution in [-0.2, 0) is 6.18 Å². The first kappa shape index (κ1) is 69.6. The molecule has 6 heterocycles. The zero-order valence-electron chi connectivity index (χ0n) is 61.1. The normalized spacial score (nSPS) is 11.7. The first-order valence-electron chi connectivity index (χ1n) is 37.3. The fourth-order valence-corrected chi connectivity index (χ4v) is 15.0. The van der Waals surface area contributed by atoms with Crippen molar-refractivity contribution in [1.82, 2.24) is 68.9 Å². The van der Waals surface area contributed by atoms with Gasteiger partial charge in [0.25, 0.3) is 0 Å². The quantitative estimate of drug-likeness (QED) is 0.0894. The van der Waals surface area contributed by atoms with Crippen molar-refractivity contribution in [3.8, 4) is 159 Å². The lowest BCUT2D eigenvalue weighted by Crippen LogP contribution is -2.11. The van der Waals surface area contributed by atoms with Crippen LogP contribution >= 0.6 is 0 Å². The van der Waals surface area contributed by atoms with Gasteiger partial charge in [-0.15, -0.1) is 0 Å². The largest absolute Gasteiger partial charge is 0.416 e. The van der Waals surface area contributed by atoms with Gasteiger partial charge in [0.15, 0.2) is 69.9 Å². The number of alkyl halides is 3. The lowest BCUT2D eigenvalue weighted by molar-refractivity contribution is -0.137. The molecular formula is C97H57F5N14. The lowest BCUT2D eigenvalue weighted by atomic mass is 9.97. The Labute approximate surface area is 659 Å². The highest BCUT2D eigenvalue weighted by Gasteiger charge is 2.36. The molecule has 20 rings (SSSR count). The zero-order valence-corrected chi connectivity index (χ0v) is 61.1. The van der Waals surface area contributed by atoms with Gasteiger partial charge in [0.05, 0.1) is 39.0 Å². The maximum atomic E-state index is 17.3. The van der Waals surface area contributed by atoms with E-state index < -0.39 is 23.4 Å². The highest BCUT2D eigenvalue weighted by atomic mass is 19.4. The number of hydrogen-bond acceptors (Lipinski definition) is 12. The Morgan fingerprint density at radius 1 is 0.190 bits per heavy atom. The summed E-state index contributed by atoms with van der Waals surface area (Å²) in [4.78, 5) is 61.1. The molecule has 0 saturated heterocycles. The smallest absolute Gasteiger partial charge is 0.308 e. The predicted molar refractivity (Wildman–Crippen MR) is 444 cm³/mol. The molecule has 550 valence electrons. The summed E-state index contributed by atoms with van der Waals surface area (Å²) in [6, 6.07) is 103. The van der Waals surface area contributed by atoms with Crippen molar-refractivity contribution in [3.63, 3.8) is 0 Å². The van der Waals surface area contributed by atoms with E-state index in [2.05, 4.69) is 0 Å². The molecule has 14 aromatic carbocycles. The summed E-state index contributed by atoms with van der Waals surface area (Å²) >= 11 is 0. The van der Waals surface area contributed by atoms with Crippen molar-refractivity contribution in [2.24, 2.45) is 0 Å². The summed E-state index contributed by atoms with van der Waals surface area (Å²) in [6.45, 7) is 0. The SMILES string of the molecule is Fc1cc(F)cc(-c2c(-n3c4cc(-c5nc(-c6ccccc6)nc(-c6ccccc6)n5)ccc4c4ccc(-c5nc(-c6ccccc6)nc(-c6ccccc6)n5)cc43)cc(C(F)(F)F)cc2-n2c3cc(-c4nc(-c5ccccc5)nc(-c5ccccc5)n4)ccc3c3ccc(-c4nc(-c5ccccc5)nc(-c5ccccc5)n4)cc32)c1. The molecule has 0 saturated carbocycles. The van der Waals surface area contributed by atoms with E-state index >= 15 is 22.0 Å². The van der Waals surface area contributed by atoms with Crippen LogP contribution in [0.5, 0.6) is 0 Å². The molecule has 0 aliphatic carbocycles. The topological polar surface area (TPSA) is 165 Å². The van der Waals surface area contributed by atoms with Gasteiger partial charge in [0.2, 0.25) is 0 Å². The van der Waals surface area contributed by atoms with E-state index in [1.807, 2.05) is 315 Å². The van der Waals surface area contributed by atoms with Crippen LogP contribution in [0.2, 0.25) is 0 Å². The van der Waals surface area contributed by atoms with Gasteiger partial charge in [0, 0.05) is 99.9 Å². The summed E-state index contributed by atoms with van der Waals surface area (Å²) in [5.74, 6) is 1.91. The van der Waals surface area contributed by atoms with Crippen molar-refractivity contribution in [2.75, 3.05) is 0 Å². The minimum Gasteiger partial charge on any atom is -0.308 e. The molecule has 0 aliphatic heterocycles. The molecule has 0 radical (unpaired) electrons. The number of rotatable bonds is 15. The second-order valence-electron chi connectivity index (χ2n) is 27.8. The molecule has 19 heteroatoms. The average molecular weight is 1510 g/mol. The Hall–Kier alpha value is -15.6. The monoisotopic (exact) mass is 1510 g/mol. The van der Waals surface area contributed by atoms with Gasteiger partial charge in [-0.2, -0.15) is 13.2 Å². The third kappa shape index (κ3) is 13.1. The van der Waals surface area contributed by atoms with Crippen LogP contribution in [0, 0.1) is 11.6 Å². The molecule has 14 nitrogen and oxygen atoms in total. The third-order valence-corrected chi connectivity index (χ3v) is 20.4. The van der Waals surface area contributed by atoms with Crippen molar-refractivity contribution in [1.29, 1.82) is 0 Å². The predicted octanol–water partition coefficient (Wildman–Crippen LogP) is 23.6. The first-order valence-corrected chi connectivity index (χ1v) is 37.3. The van der Waals surface area contributed by atoms with Gasteiger partial charge in [-0.05, 0) is 54.1 Å². The van der Waals surface area contributed by atoms with Crippen molar-refractivity contribution in [2.45, 2.75) is 6.18 Å². The number of aromatic nitrogens is 14. The molecule has 6 aromatic heterocycles. The summed E-state index contributed by atoms with van der Waals surface area (Å²) in [5, 5.41) is 2.30. The van der Waals surface area contributed by atoms with Crippen LogP contribution in [0.15, 0.2) is 346 Å². The van der Waals surface area contributed by atoms with Crippen LogP contribution in [0.3, 0.4) is 0 Å². The molecule has 0 bridgehead atoms. The van der Waals surface area contributed by atoms with Gasteiger partial charge in [-0.25, -0.2) is 68.6 Å². The first-order chi connectivity index (χ1) is 56.9. The number of hydrogen-bond donors (Lipinski definition) is 0. The number of fused-ring (bicyclic) bond motifs is 6. The Balaban J connectivity index is 0.917. The molecule has 0 atom stereocenters. The van der Waals surface area contributed by atoms with Gasteiger partial charge in [-0.1, -0.05) is 291 Å². The van der Waals surface area contributed by atoms with Gasteiger partial charge < -0.3 is 9.13 Å². The Kier molecular flexibility index (Phi) is 17.3. The molecule has 0 aliphatic rings. The van der Waals surface area contributed by atoms with E-state index in [0.29, 0.717) is 157 Å². The van der Waals surface area contributed by atoms with Crippen LogP contribution in [-0.4, -0.2) is 68.9 Å². The molecule has 0 spiro atoms. The van der Waals surface area contributed by atoms with Gasteiger partial charge in [-0.3, -0.25) is 0 Å².